The van der Waals surface area contributed by atoms with Crippen molar-refractivity contribution in [3.8, 4) is 5.69 Å². The largest absolute Gasteiger partial charge is 0.259 e. The Morgan fingerprint density at radius 2 is 1.90 bits per heavy atom. The highest BCUT2D eigenvalue weighted by atomic mass is 32.2. The third-order valence-corrected chi connectivity index (χ3v) is 5.39. The Balaban J connectivity index is 1.65. The van der Waals surface area contributed by atoms with Crippen molar-refractivity contribution in [2.45, 2.75) is 37.9 Å². The molecule has 5 nitrogen and oxygen atoms in total. The van der Waals surface area contributed by atoms with Crippen LogP contribution in [0.15, 0.2) is 30.3 Å². The second-order valence-electron chi connectivity index (χ2n) is 5.60. The lowest BCUT2D eigenvalue weighted by atomic mass is 9.91. The maximum Gasteiger partial charge on any atom is 0.169 e. The van der Waals surface area contributed by atoms with E-state index in [0.29, 0.717) is 17.5 Å². The summed E-state index contributed by atoms with van der Waals surface area (Å²) in [5, 5.41) is 11.8. The summed E-state index contributed by atoms with van der Waals surface area (Å²) >= 11 is 0. The number of rotatable bonds is 5. The van der Waals surface area contributed by atoms with Gasteiger partial charge in [0.1, 0.15) is 0 Å². The Morgan fingerprint density at radius 3 is 2.67 bits per heavy atom. The van der Waals surface area contributed by atoms with Gasteiger partial charge in [0, 0.05) is 16.6 Å². The van der Waals surface area contributed by atoms with Gasteiger partial charge in [0.2, 0.25) is 0 Å². The first kappa shape index (κ1) is 14.4. The molecular formula is C15H20N4OS. The molecule has 112 valence electrons. The van der Waals surface area contributed by atoms with Crippen LogP contribution in [0.4, 0.5) is 0 Å². The molecule has 21 heavy (non-hydrogen) atoms. The highest BCUT2D eigenvalue weighted by Crippen LogP contribution is 2.24. The van der Waals surface area contributed by atoms with Crippen LogP contribution >= 0.6 is 0 Å². The molecule has 1 aromatic heterocycles. The van der Waals surface area contributed by atoms with Gasteiger partial charge in [0.25, 0.3) is 0 Å². The topological polar surface area (TPSA) is 60.7 Å². The normalized spacial score (nSPS) is 17.7. The fraction of sp³-hybridized carbons (Fsp3) is 0.533. The molecule has 0 bridgehead atoms. The monoisotopic (exact) mass is 304 g/mol. The van der Waals surface area contributed by atoms with Gasteiger partial charge in [0.05, 0.1) is 11.4 Å². The highest BCUT2D eigenvalue weighted by molar-refractivity contribution is 7.84. The van der Waals surface area contributed by atoms with Crippen molar-refractivity contribution >= 4 is 10.8 Å². The SMILES string of the molecule is O=[S@](Cc1nnnn1-c1ccccc1)CC1CCCCC1. The van der Waals surface area contributed by atoms with Crippen molar-refractivity contribution in [1.29, 1.82) is 0 Å². The number of nitrogens with zero attached hydrogens (tertiary/aromatic N) is 4. The summed E-state index contributed by atoms with van der Waals surface area (Å²) in [6.07, 6.45) is 6.33. The average Bonchev–Trinajstić information content (AvgIpc) is 2.97. The zero-order valence-corrected chi connectivity index (χ0v) is 12.8. The van der Waals surface area contributed by atoms with Crippen LogP contribution in [0.1, 0.15) is 37.9 Å². The molecule has 0 spiro atoms. The van der Waals surface area contributed by atoms with Crippen LogP contribution in [0.5, 0.6) is 0 Å². The van der Waals surface area contributed by atoms with E-state index in [0.717, 1.165) is 11.4 Å². The van der Waals surface area contributed by atoms with Crippen LogP contribution in [0.25, 0.3) is 5.69 Å². The molecular weight excluding hydrogens is 284 g/mol. The number of hydrogen-bond acceptors (Lipinski definition) is 4. The summed E-state index contributed by atoms with van der Waals surface area (Å²) in [5.41, 5.74) is 0.909. The lowest BCUT2D eigenvalue weighted by Gasteiger charge is -2.20. The molecule has 0 unspecified atom stereocenters. The summed E-state index contributed by atoms with van der Waals surface area (Å²) in [6, 6.07) is 9.74. The van der Waals surface area contributed by atoms with Gasteiger partial charge in [-0.05, 0) is 41.3 Å². The van der Waals surface area contributed by atoms with E-state index in [2.05, 4.69) is 15.5 Å². The summed E-state index contributed by atoms with van der Waals surface area (Å²) in [7, 11) is -0.894. The smallest absolute Gasteiger partial charge is 0.169 e. The van der Waals surface area contributed by atoms with E-state index in [1.54, 1.807) is 4.68 Å². The molecule has 1 saturated carbocycles. The van der Waals surface area contributed by atoms with Gasteiger partial charge in [0.15, 0.2) is 5.82 Å². The van der Waals surface area contributed by atoms with E-state index in [-0.39, 0.29) is 0 Å². The molecule has 1 heterocycles. The predicted molar refractivity (Wildman–Crippen MR) is 82.4 cm³/mol. The lowest BCUT2D eigenvalue weighted by Crippen LogP contribution is -2.17. The molecule has 0 N–H and O–H groups in total. The maximum atomic E-state index is 12.4. The zero-order chi connectivity index (χ0) is 14.5. The van der Waals surface area contributed by atoms with Crippen molar-refractivity contribution < 1.29 is 4.21 Å². The minimum atomic E-state index is -0.894. The molecule has 1 aliphatic rings. The Bertz CT molecular complexity index is 593. The maximum absolute atomic E-state index is 12.4. The van der Waals surface area contributed by atoms with Gasteiger partial charge < -0.3 is 0 Å². The zero-order valence-electron chi connectivity index (χ0n) is 12.0. The van der Waals surface area contributed by atoms with Crippen LogP contribution in [-0.4, -0.2) is 30.2 Å². The molecule has 2 aromatic rings. The minimum absolute atomic E-state index is 0.429. The number of para-hydroxylation sites is 1. The molecule has 1 aliphatic carbocycles. The van der Waals surface area contributed by atoms with Gasteiger partial charge in [-0.2, -0.15) is 4.68 Å². The molecule has 0 aliphatic heterocycles. The van der Waals surface area contributed by atoms with Gasteiger partial charge >= 0.3 is 0 Å². The second kappa shape index (κ2) is 6.93. The fourth-order valence-electron chi connectivity index (χ4n) is 2.89. The molecule has 6 heteroatoms. The van der Waals surface area contributed by atoms with Crippen LogP contribution in [-0.2, 0) is 16.6 Å². The molecule has 0 radical (unpaired) electrons. The van der Waals surface area contributed by atoms with Gasteiger partial charge in [-0.15, -0.1) is 5.10 Å². The first-order chi connectivity index (χ1) is 10.3. The molecule has 1 fully saturated rings. The average molecular weight is 304 g/mol. The van der Waals surface area contributed by atoms with E-state index in [1.807, 2.05) is 30.3 Å². The number of aromatic nitrogens is 4. The van der Waals surface area contributed by atoms with Crippen molar-refractivity contribution in [2.24, 2.45) is 5.92 Å². The molecule has 1 aromatic carbocycles. The van der Waals surface area contributed by atoms with E-state index < -0.39 is 10.8 Å². The van der Waals surface area contributed by atoms with Crippen LogP contribution < -0.4 is 0 Å². The van der Waals surface area contributed by atoms with Crippen molar-refractivity contribution in [3.63, 3.8) is 0 Å². The molecule has 0 saturated heterocycles. The van der Waals surface area contributed by atoms with Crippen molar-refractivity contribution in [3.05, 3.63) is 36.2 Å². The summed E-state index contributed by atoms with van der Waals surface area (Å²) in [4.78, 5) is 0. The predicted octanol–water partition coefficient (Wildman–Crippen LogP) is 2.49. The Hall–Kier alpha value is -1.56. The van der Waals surface area contributed by atoms with Crippen LogP contribution in [0.3, 0.4) is 0 Å². The minimum Gasteiger partial charge on any atom is -0.259 e. The van der Waals surface area contributed by atoms with Crippen molar-refractivity contribution in [1.82, 2.24) is 20.2 Å². The Morgan fingerprint density at radius 1 is 1.14 bits per heavy atom. The first-order valence-electron chi connectivity index (χ1n) is 7.50. The van der Waals surface area contributed by atoms with Crippen LogP contribution in [0.2, 0.25) is 0 Å². The summed E-state index contributed by atoms with van der Waals surface area (Å²) in [5.74, 6) is 2.50. The standard InChI is InChI=1S/C15H20N4OS/c20-21(11-13-7-3-1-4-8-13)12-15-16-17-18-19(15)14-9-5-2-6-10-14/h2,5-6,9-10,13H,1,3-4,7-8,11-12H2/t21-/m0/s1. The first-order valence-corrected chi connectivity index (χ1v) is 8.99. The number of tetrazole rings is 1. The second-order valence-corrected chi connectivity index (χ2v) is 7.10. The summed E-state index contributed by atoms with van der Waals surface area (Å²) in [6.45, 7) is 0. The van der Waals surface area contributed by atoms with E-state index in [9.17, 15) is 4.21 Å². The van der Waals surface area contributed by atoms with Gasteiger partial charge in [-0.25, -0.2) is 0 Å². The molecule has 0 amide bonds. The number of hydrogen-bond donors (Lipinski definition) is 0. The van der Waals surface area contributed by atoms with Gasteiger partial charge in [-0.3, -0.25) is 4.21 Å². The Kier molecular flexibility index (Phi) is 4.75. The third-order valence-electron chi connectivity index (χ3n) is 3.97. The van der Waals surface area contributed by atoms with Gasteiger partial charge in [-0.1, -0.05) is 37.5 Å². The Labute approximate surface area is 127 Å². The molecule has 3 rings (SSSR count). The van der Waals surface area contributed by atoms with Crippen molar-refractivity contribution in [2.75, 3.05) is 5.75 Å². The van der Waals surface area contributed by atoms with E-state index in [1.165, 1.54) is 32.1 Å². The quantitative estimate of drug-likeness (QED) is 0.851. The highest BCUT2D eigenvalue weighted by Gasteiger charge is 2.18. The number of benzene rings is 1. The summed E-state index contributed by atoms with van der Waals surface area (Å²) < 4.78 is 14.0. The third kappa shape index (κ3) is 3.75. The fourth-order valence-corrected chi connectivity index (χ4v) is 4.33. The molecule has 1 atom stereocenters. The van der Waals surface area contributed by atoms with E-state index >= 15 is 0 Å². The van der Waals surface area contributed by atoms with E-state index in [4.69, 9.17) is 0 Å². The van der Waals surface area contributed by atoms with Crippen LogP contribution in [0, 0.1) is 5.92 Å². The lowest BCUT2D eigenvalue weighted by molar-refractivity contribution is 0.388.